The SMILES string of the molecule is Cc1ccc(C(=O)CCC(=O)NCc2ccccc2F)cc1C. The zero-order valence-corrected chi connectivity index (χ0v) is 13.4. The molecule has 1 N–H and O–H groups in total. The van der Waals surface area contributed by atoms with Crippen molar-refractivity contribution in [2.24, 2.45) is 0 Å². The predicted octanol–water partition coefficient (Wildman–Crippen LogP) is 3.72. The van der Waals surface area contributed by atoms with Crippen molar-refractivity contribution in [2.45, 2.75) is 33.2 Å². The van der Waals surface area contributed by atoms with E-state index in [4.69, 9.17) is 0 Å². The van der Waals surface area contributed by atoms with Gasteiger partial charge >= 0.3 is 0 Å². The van der Waals surface area contributed by atoms with Gasteiger partial charge in [0.1, 0.15) is 5.82 Å². The normalized spacial score (nSPS) is 10.4. The minimum Gasteiger partial charge on any atom is -0.352 e. The van der Waals surface area contributed by atoms with Crippen LogP contribution in [0.25, 0.3) is 0 Å². The van der Waals surface area contributed by atoms with Crippen LogP contribution in [0.3, 0.4) is 0 Å². The molecule has 3 nitrogen and oxygen atoms in total. The zero-order valence-electron chi connectivity index (χ0n) is 13.4. The summed E-state index contributed by atoms with van der Waals surface area (Å²) in [6.07, 6.45) is 0.242. The highest BCUT2D eigenvalue weighted by molar-refractivity contribution is 5.98. The summed E-state index contributed by atoms with van der Waals surface area (Å²) in [6, 6.07) is 11.8. The van der Waals surface area contributed by atoms with E-state index in [2.05, 4.69) is 5.32 Å². The van der Waals surface area contributed by atoms with Gasteiger partial charge in [0.15, 0.2) is 5.78 Å². The Kier molecular flexibility index (Phi) is 5.63. The average Bonchev–Trinajstić information content (AvgIpc) is 2.54. The summed E-state index contributed by atoms with van der Waals surface area (Å²) in [5, 5.41) is 2.64. The summed E-state index contributed by atoms with van der Waals surface area (Å²) in [5.74, 6) is -0.668. The molecule has 0 aliphatic heterocycles. The monoisotopic (exact) mass is 313 g/mol. The fourth-order valence-electron chi connectivity index (χ4n) is 2.21. The van der Waals surface area contributed by atoms with Crippen LogP contribution in [-0.4, -0.2) is 11.7 Å². The number of amides is 1. The number of halogens is 1. The van der Waals surface area contributed by atoms with Crippen LogP contribution in [-0.2, 0) is 11.3 Å². The first-order chi connectivity index (χ1) is 11.0. The Morgan fingerprint density at radius 3 is 2.43 bits per heavy atom. The van der Waals surface area contributed by atoms with E-state index in [1.165, 1.54) is 6.07 Å². The Labute approximate surface area is 135 Å². The number of benzene rings is 2. The Morgan fingerprint density at radius 1 is 1.00 bits per heavy atom. The molecule has 0 spiro atoms. The van der Waals surface area contributed by atoms with Gasteiger partial charge in [0.05, 0.1) is 0 Å². The highest BCUT2D eigenvalue weighted by atomic mass is 19.1. The van der Waals surface area contributed by atoms with Gasteiger partial charge in [-0.15, -0.1) is 0 Å². The maximum Gasteiger partial charge on any atom is 0.220 e. The molecule has 0 unspecified atom stereocenters. The van der Waals surface area contributed by atoms with Gasteiger partial charge in [-0.1, -0.05) is 30.3 Å². The van der Waals surface area contributed by atoms with Gasteiger partial charge in [-0.2, -0.15) is 0 Å². The smallest absolute Gasteiger partial charge is 0.220 e. The van der Waals surface area contributed by atoms with Crippen LogP contribution >= 0.6 is 0 Å². The first-order valence-electron chi connectivity index (χ1n) is 7.58. The molecule has 0 bridgehead atoms. The number of nitrogens with one attached hydrogen (secondary N) is 1. The molecule has 2 rings (SSSR count). The lowest BCUT2D eigenvalue weighted by molar-refractivity contribution is -0.121. The van der Waals surface area contributed by atoms with Crippen molar-refractivity contribution in [2.75, 3.05) is 0 Å². The van der Waals surface area contributed by atoms with Crippen LogP contribution in [0, 0.1) is 19.7 Å². The maximum atomic E-state index is 13.4. The molecule has 0 heterocycles. The van der Waals surface area contributed by atoms with Gasteiger partial charge in [0, 0.05) is 30.5 Å². The Bertz CT molecular complexity index is 725. The first-order valence-corrected chi connectivity index (χ1v) is 7.58. The molecule has 0 radical (unpaired) electrons. The third-order valence-electron chi connectivity index (χ3n) is 3.84. The van der Waals surface area contributed by atoms with E-state index >= 15 is 0 Å². The molecule has 1 amide bonds. The van der Waals surface area contributed by atoms with Crippen LogP contribution in [0.5, 0.6) is 0 Å². The molecule has 0 aliphatic carbocycles. The fourth-order valence-corrected chi connectivity index (χ4v) is 2.21. The maximum absolute atomic E-state index is 13.4. The molecule has 0 saturated carbocycles. The van der Waals surface area contributed by atoms with Crippen LogP contribution in [0.2, 0.25) is 0 Å². The molecule has 4 heteroatoms. The van der Waals surface area contributed by atoms with Crippen LogP contribution in [0.1, 0.15) is 39.9 Å². The summed E-state index contributed by atoms with van der Waals surface area (Å²) < 4.78 is 13.4. The molecule has 120 valence electrons. The fraction of sp³-hybridized carbons (Fsp3) is 0.263. The van der Waals surface area contributed by atoms with Crippen molar-refractivity contribution in [1.82, 2.24) is 5.32 Å². The molecular weight excluding hydrogens is 293 g/mol. The number of ketones is 1. The third-order valence-corrected chi connectivity index (χ3v) is 3.84. The quantitative estimate of drug-likeness (QED) is 0.826. The van der Waals surface area contributed by atoms with Crippen LogP contribution in [0.15, 0.2) is 42.5 Å². The minimum atomic E-state index is -0.348. The number of hydrogen-bond acceptors (Lipinski definition) is 2. The van der Waals surface area contributed by atoms with Gasteiger partial charge in [0.2, 0.25) is 5.91 Å². The van der Waals surface area contributed by atoms with Gasteiger partial charge in [-0.3, -0.25) is 9.59 Å². The minimum absolute atomic E-state index is 0.0610. The van der Waals surface area contributed by atoms with Crippen molar-refractivity contribution in [3.63, 3.8) is 0 Å². The summed E-state index contributed by atoms with van der Waals surface area (Å²) in [5.41, 5.74) is 3.24. The van der Waals surface area contributed by atoms with E-state index in [9.17, 15) is 14.0 Å². The Hall–Kier alpha value is -2.49. The van der Waals surface area contributed by atoms with Crippen LogP contribution in [0.4, 0.5) is 4.39 Å². The molecule has 0 fully saturated rings. The van der Waals surface area contributed by atoms with E-state index in [1.807, 2.05) is 26.0 Å². The van der Waals surface area contributed by atoms with Gasteiger partial charge in [0.25, 0.3) is 0 Å². The van der Waals surface area contributed by atoms with E-state index in [-0.39, 0.29) is 36.9 Å². The molecule has 2 aromatic rings. The van der Waals surface area contributed by atoms with Crippen molar-refractivity contribution in [3.8, 4) is 0 Å². The van der Waals surface area contributed by atoms with E-state index < -0.39 is 0 Å². The average molecular weight is 313 g/mol. The number of carbonyl (C=O) groups excluding carboxylic acids is 2. The number of aryl methyl sites for hydroxylation is 2. The summed E-state index contributed by atoms with van der Waals surface area (Å²) in [6.45, 7) is 4.07. The third kappa shape index (κ3) is 4.74. The van der Waals surface area contributed by atoms with Gasteiger partial charge < -0.3 is 5.32 Å². The summed E-state index contributed by atoms with van der Waals surface area (Å²) >= 11 is 0. The Balaban J connectivity index is 1.83. The largest absolute Gasteiger partial charge is 0.352 e. The molecule has 0 saturated heterocycles. The molecule has 2 aromatic carbocycles. The lowest BCUT2D eigenvalue weighted by Gasteiger charge is -2.07. The first kappa shape index (κ1) is 16.9. The molecule has 23 heavy (non-hydrogen) atoms. The number of carbonyl (C=O) groups is 2. The molecular formula is C19H20FNO2. The topological polar surface area (TPSA) is 46.2 Å². The number of Topliss-reactive ketones (excluding diaryl/α,β-unsaturated/α-hetero) is 1. The highest BCUT2D eigenvalue weighted by Crippen LogP contribution is 2.12. The Morgan fingerprint density at radius 2 is 1.74 bits per heavy atom. The lowest BCUT2D eigenvalue weighted by atomic mass is 10.0. The second-order valence-electron chi connectivity index (χ2n) is 5.59. The molecule has 0 aromatic heterocycles. The van der Waals surface area contributed by atoms with Crippen LogP contribution < -0.4 is 5.32 Å². The predicted molar refractivity (Wildman–Crippen MR) is 87.7 cm³/mol. The second kappa shape index (κ2) is 7.68. The van der Waals surface area contributed by atoms with Crippen molar-refractivity contribution in [3.05, 3.63) is 70.5 Å². The van der Waals surface area contributed by atoms with Crippen molar-refractivity contribution < 1.29 is 14.0 Å². The standard InChI is InChI=1S/C19H20FNO2/c1-13-7-8-15(11-14(13)2)18(22)9-10-19(23)21-12-16-5-3-4-6-17(16)20/h3-8,11H,9-10,12H2,1-2H3,(H,21,23). The molecule has 0 atom stereocenters. The lowest BCUT2D eigenvalue weighted by Crippen LogP contribution is -2.23. The summed E-state index contributed by atoms with van der Waals surface area (Å²) in [7, 11) is 0. The van der Waals surface area contributed by atoms with Crippen molar-refractivity contribution >= 4 is 11.7 Å². The summed E-state index contributed by atoms with van der Waals surface area (Å²) in [4.78, 5) is 23.9. The highest BCUT2D eigenvalue weighted by Gasteiger charge is 2.10. The zero-order chi connectivity index (χ0) is 16.8. The van der Waals surface area contributed by atoms with Crippen molar-refractivity contribution in [1.29, 1.82) is 0 Å². The van der Waals surface area contributed by atoms with E-state index in [1.54, 1.807) is 24.3 Å². The molecule has 0 aliphatic rings. The number of rotatable bonds is 6. The second-order valence-corrected chi connectivity index (χ2v) is 5.59. The van der Waals surface area contributed by atoms with Gasteiger partial charge in [-0.25, -0.2) is 4.39 Å². The van der Waals surface area contributed by atoms with E-state index in [0.29, 0.717) is 11.1 Å². The van der Waals surface area contributed by atoms with E-state index in [0.717, 1.165) is 11.1 Å². The van der Waals surface area contributed by atoms with Gasteiger partial charge in [-0.05, 0) is 37.1 Å². The number of hydrogen-bond donors (Lipinski definition) is 1.